The molecule has 4 heterocycles. The fourth-order valence-electron chi connectivity index (χ4n) is 3.03. The zero-order valence-electron chi connectivity index (χ0n) is 12.3. The van der Waals surface area contributed by atoms with E-state index in [0.29, 0.717) is 23.7 Å². The Bertz CT molecular complexity index is 919. The highest BCUT2D eigenvalue weighted by Crippen LogP contribution is 2.35. The zero-order chi connectivity index (χ0) is 16.1. The molecule has 1 unspecified atom stereocenters. The number of carbonyl (C=O) groups excluding carboxylic acids is 1. The summed E-state index contributed by atoms with van der Waals surface area (Å²) in [5, 5.41) is 4.68. The van der Waals surface area contributed by atoms with Gasteiger partial charge in [0.05, 0.1) is 16.6 Å². The van der Waals surface area contributed by atoms with Crippen molar-refractivity contribution in [3.8, 4) is 0 Å². The van der Waals surface area contributed by atoms with Crippen molar-refractivity contribution in [2.24, 2.45) is 0 Å². The average molecular weight is 350 g/mol. The lowest BCUT2D eigenvalue weighted by Gasteiger charge is -2.33. The summed E-state index contributed by atoms with van der Waals surface area (Å²) in [6.45, 7) is 2.50. The summed E-state index contributed by atoms with van der Waals surface area (Å²) in [4.78, 5) is 15.6. The van der Waals surface area contributed by atoms with Crippen molar-refractivity contribution in [2.45, 2.75) is 19.4 Å². The van der Waals surface area contributed by atoms with Crippen LogP contribution in [0.25, 0.3) is 5.52 Å². The van der Waals surface area contributed by atoms with Crippen molar-refractivity contribution in [3.05, 3.63) is 56.8 Å². The quantitative estimate of drug-likeness (QED) is 0.667. The van der Waals surface area contributed by atoms with Gasteiger partial charge in [-0.05, 0) is 43.2 Å². The van der Waals surface area contributed by atoms with E-state index in [2.05, 4.69) is 5.10 Å². The van der Waals surface area contributed by atoms with E-state index < -0.39 is 0 Å². The van der Waals surface area contributed by atoms with Gasteiger partial charge in [-0.25, -0.2) is 4.52 Å². The van der Waals surface area contributed by atoms with E-state index in [1.54, 1.807) is 27.7 Å². The van der Waals surface area contributed by atoms with E-state index in [1.165, 1.54) is 17.4 Å². The molecule has 3 aromatic heterocycles. The van der Waals surface area contributed by atoms with Crippen molar-refractivity contribution in [2.75, 3.05) is 6.54 Å². The highest BCUT2D eigenvalue weighted by molar-refractivity contribution is 7.10. The van der Waals surface area contributed by atoms with Crippen LogP contribution in [0.5, 0.6) is 0 Å². The van der Waals surface area contributed by atoms with Gasteiger partial charge >= 0.3 is 0 Å². The van der Waals surface area contributed by atoms with Crippen LogP contribution in [0.1, 0.15) is 33.9 Å². The van der Waals surface area contributed by atoms with Crippen molar-refractivity contribution in [3.63, 3.8) is 0 Å². The van der Waals surface area contributed by atoms with Gasteiger partial charge in [-0.3, -0.25) is 4.79 Å². The molecule has 0 saturated carbocycles. The molecule has 1 aliphatic heterocycles. The molecule has 3 aromatic rings. The lowest BCUT2D eigenvalue weighted by molar-refractivity contribution is 0.0672. The number of pyridine rings is 1. The summed E-state index contributed by atoms with van der Waals surface area (Å²) < 4.78 is 15.1. The van der Waals surface area contributed by atoms with Gasteiger partial charge < -0.3 is 4.90 Å². The number of nitrogens with zero attached hydrogens (tertiary/aromatic N) is 3. The number of hydrogen-bond donors (Lipinski definition) is 0. The SMILES string of the molecule is CC1c2cc(F)sc2CCN1C(=O)c1cc2ccc(Cl)cn2n1. The lowest BCUT2D eigenvalue weighted by Crippen LogP contribution is -2.38. The normalized spacial score (nSPS) is 17.5. The monoisotopic (exact) mass is 349 g/mol. The molecule has 23 heavy (non-hydrogen) atoms. The third-order valence-corrected chi connectivity index (χ3v) is 5.44. The molecule has 0 N–H and O–H groups in total. The molecular formula is C16H13ClFN3OS. The third-order valence-electron chi connectivity index (χ3n) is 4.21. The number of fused-ring (bicyclic) bond motifs is 2. The van der Waals surface area contributed by atoms with Crippen LogP contribution in [-0.2, 0) is 6.42 Å². The molecular weight excluding hydrogens is 337 g/mol. The third kappa shape index (κ3) is 2.42. The first kappa shape index (κ1) is 14.7. The van der Waals surface area contributed by atoms with E-state index in [9.17, 15) is 9.18 Å². The van der Waals surface area contributed by atoms with Crippen molar-refractivity contribution < 1.29 is 9.18 Å². The Morgan fingerprint density at radius 2 is 2.26 bits per heavy atom. The van der Waals surface area contributed by atoms with Gasteiger partial charge in [0.25, 0.3) is 5.91 Å². The van der Waals surface area contributed by atoms with E-state index in [1.807, 2.05) is 13.0 Å². The van der Waals surface area contributed by atoms with Crippen LogP contribution < -0.4 is 0 Å². The smallest absolute Gasteiger partial charge is 0.274 e. The second kappa shape index (κ2) is 5.32. The van der Waals surface area contributed by atoms with E-state index >= 15 is 0 Å². The molecule has 4 nitrogen and oxygen atoms in total. The Kier molecular flexibility index (Phi) is 3.39. The Morgan fingerprint density at radius 1 is 1.43 bits per heavy atom. The first-order valence-corrected chi connectivity index (χ1v) is 8.46. The first-order chi connectivity index (χ1) is 11.0. The second-order valence-corrected chi connectivity index (χ2v) is 7.12. The standard InChI is InChI=1S/C16H13ClFN3OS/c1-9-12-7-15(18)23-14(12)4-5-20(9)16(22)13-6-11-3-2-10(17)8-21(11)19-13/h2-3,6-9H,4-5H2,1H3. The Labute approximate surface area is 141 Å². The van der Waals surface area contributed by atoms with Gasteiger partial charge in [0.1, 0.15) is 0 Å². The summed E-state index contributed by atoms with van der Waals surface area (Å²) in [5.41, 5.74) is 2.09. The minimum atomic E-state index is -0.196. The maximum atomic E-state index is 13.5. The van der Waals surface area contributed by atoms with Crippen molar-refractivity contribution in [1.29, 1.82) is 0 Å². The number of halogens is 2. The molecule has 0 aliphatic carbocycles. The minimum Gasteiger partial charge on any atom is -0.330 e. The van der Waals surface area contributed by atoms with Gasteiger partial charge in [-0.15, -0.1) is 11.3 Å². The number of aromatic nitrogens is 2. The van der Waals surface area contributed by atoms with Crippen LogP contribution in [0.4, 0.5) is 4.39 Å². The first-order valence-electron chi connectivity index (χ1n) is 7.27. The Balaban J connectivity index is 1.68. The van der Waals surface area contributed by atoms with Gasteiger partial charge in [-0.1, -0.05) is 11.6 Å². The van der Waals surface area contributed by atoms with Crippen LogP contribution in [0, 0.1) is 5.13 Å². The van der Waals surface area contributed by atoms with Gasteiger partial charge in [0, 0.05) is 17.6 Å². The van der Waals surface area contributed by atoms with E-state index in [0.717, 1.165) is 16.0 Å². The van der Waals surface area contributed by atoms with E-state index in [4.69, 9.17) is 11.6 Å². The summed E-state index contributed by atoms with van der Waals surface area (Å²) in [7, 11) is 0. The van der Waals surface area contributed by atoms with Crippen molar-refractivity contribution >= 4 is 34.4 Å². The fraction of sp³-hybridized carbons (Fsp3) is 0.250. The molecule has 0 fully saturated rings. The topological polar surface area (TPSA) is 37.6 Å². The van der Waals surface area contributed by atoms with Crippen LogP contribution in [0.2, 0.25) is 5.02 Å². The summed E-state index contributed by atoms with van der Waals surface area (Å²) in [6.07, 6.45) is 2.35. The highest BCUT2D eigenvalue weighted by Gasteiger charge is 2.31. The molecule has 0 radical (unpaired) electrons. The number of rotatable bonds is 1. The maximum absolute atomic E-state index is 13.5. The zero-order valence-corrected chi connectivity index (χ0v) is 13.9. The van der Waals surface area contributed by atoms with Gasteiger partial charge in [0.2, 0.25) is 0 Å². The molecule has 4 rings (SSSR count). The molecule has 0 bridgehead atoms. The number of amides is 1. The highest BCUT2D eigenvalue weighted by atomic mass is 35.5. The van der Waals surface area contributed by atoms with Crippen LogP contribution in [0.15, 0.2) is 30.5 Å². The maximum Gasteiger partial charge on any atom is 0.274 e. The summed E-state index contributed by atoms with van der Waals surface area (Å²) in [6, 6.07) is 6.71. The lowest BCUT2D eigenvalue weighted by atomic mass is 10.0. The average Bonchev–Trinajstić information content (AvgIpc) is 3.09. The molecule has 1 amide bonds. The summed E-state index contributed by atoms with van der Waals surface area (Å²) >= 11 is 7.12. The van der Waals surface area contributed by atoms with Gasteiger partial charge in [0.15, 0.2) is 10.8 Å². The Morgan fingerprint density at radius 3 is 3.09 bits per heavy atom. The molecule has 0 saturated heterocycles. The number of thiophene rings is 1. The molecule has 1 atom stereocenters. The summed E-state index contributed by atoms with van der Waals surface area (Å²) in [5.74, 6) is -0.144. The molecule has 7 heteroatoms. The number of carbonyl (C=O) groups is 1. The molecule has 0 aromatic carbocycles. The predicted molar refractivity (Wildman–Crippen MR) is 87.6 cm³/mol. The molecule has 0 spiro atoms. The number of hydrogen-bond acceptors (Lipinski definition) is 3. The Hall–Kier alpha value is -1.92. The van der Waals surface area contributed by atoms with Crippen molar-refractivity contribution in [1.82, 2.24) is 14.5 Å². The van der Waals surface area contributed by atoms with Crippen LogP contribution in [-0.4, -0.2) is 27.0 Å². The van der Waals surface area contributed by atoms with E-state index in [-0.39, 0.29) is 17.1 Å². The van der Waals surface area contributed by atoms with Gasteiger partial charge in [-0.2, -0.15) is 9.49 Å². The second-order valence-electron chi connectivity index (χ2n) is 5.60. The predicted octanol–water partition coefficient (Wildman–Crippen LogP) is 3.95. The largest absolute Gasteiger partial charge is 0.330 e. The van der Waals surface area contributed by atoms with Crippen LogP contribution in [0.3, 0.4) is 0 Å². The minimum absolute atomic E-state index is 0.144. The fourth-order valence-corrected chi connectivity index (χ4v) is 4.15. The van der Waals surface area contributed by atoms with Crippen LogP contribution >= 0.6 is 22.9 Å². The molecule has 118 valence electrons. The molecule has 1 aliphatic rings.